The van der Waals surface area contributed by atoms with E-state index < -0.39 is 11.7 Å². The van der Waals surface area contributed by atoms with Crippen molar-refractivity contribution >= 4 is 11.4 Å². The molecular weight excluding hydrogens is 255 g/mol. The number of rotatable bonds is 3. The van der Waals surface area contributed by atoms with E-state index in [-0.39, 0.29) is 0 Å². The smallest absolute Gasteiger partial charge is 0.353 e. The third-order valence-electron chi connectivity index (χ3n) is 2.73. The van der Waals surface area contributed by atoms with Crippen molar-refractivity contribution in [2.75, 3.05) is 5.32 Å². The predicted molar refractivity (Wildman–Crippen MR) is 67.3 cm³/mol. The SMILES string of the molecule is CCc1nn(C)cc1Nc1ccc(C(F)(F)F)cc1. The first kappa shape index (κ1) is 13.5. The number of nitrogens with zero attached hydrogens (tertiary/aromatic N) is 2. The van der Waals surface area contributed by atoms with Crippen LogP contribution in [0.3, 0.4) is 0 Å². The van der Waals surface area contributed by atoms with Gasteiger partial charge in [0.25, 0.3) is 0 Å². The van der Waals surface area contributed by atoms with Gasteiger partial charge in [0, 0.05) is 18.9 Å². The molecule has 0 fully saturated rings. The minimum absolute atomic E-state index is 0.607. The normalized spacial score (nSPS) is 11.6. The highest BCUT2D eigenvalue weighted by atomic mass is 19.4. The molecule has 0 aliphatic rings. The molecule has 0 unspecified atom stereocenters. The van der Waals surface area contributed by atoms with Crippen LogP contribution in [0.25, 0.3) is 0 Å². The summed E-state index contributed by atoms with van der Waals surface area (Å²) in [6, 6.07) is 4.94. The Bertz CT molecular complexity index is 556. The first-order valence-electron chi connectivity index (χ1n) is 5.87. The number of hydrogen-bond acceptors (Lipinski definition) is 2. The molecule has 2 aromatic rings. The van der Waals surface area contributed by atoms with Gasteiger partial charge in [-0.3, -0.25) is 4.68 Å². The molecule has 0 atom stereocenters. The molecule has 1 aromatic heterocycles. The summed E-state index contributed by atoms with van der Waals surface area (Å²) in [6.07, 6.45) is -1.75. The maximum absolute atomic E-state index is 12.4. The number of aromatic nitrogens is 2. The van der Waals surface area contributed by atoms with E-state index in [2.05, 4.69) is 10.4 Å². The number of halogens is 3. The molecule has 0 radical (unpaired) electrons. The van der Waals surface area contributed by atoms with Crippen molar-refractivity contribution in [3.63, 3.8) is 0 Å². The lowest BCUT2D eigenvalue weighted by molar-refractivity contribution is -0.137. The number of benzene rings is 1. The van der Waals surface area contributed by atoms with Crippen molar-refractivity contribution in [3.8, 4) is 0 Å². The molecule has 0 saturated carbocycles. The van der Waals surface area contributed by atoms with Gasteiger partial charge in [-0.05, 0) is 30.7 Å². The maximum Gasteiger partial charge on any atom is 0.416 e. The van der Waals surface area contributed by atoms with Crippen molar-refractivity contribution in [2.24, 2.45) is 7.05 Å². The summed E-state index contributed by atoms with van der Waals surface area (Å²) in [4.78, 5) is 0. The van der Waals surface area contributed by atoms with Gasteiger partial charge in [0.15, 0.2) is 0 Å². The highest BCUT2D eigenvalue weighted by Gasteiger charge is 2.29. The second-order valence-electron chi connectivity index (χ2n) is 4.22. The Hall–Kier alpha value is -1.98. The first-order valence-corrected chi connectivity index (χ1v) is 5.87. The second kappa shape index (κ2) is 4.95. The Morgan fingerprint density at radius 2 is 1.84 bits per heavy atom. The van der Waals surface area contributed by atoms with Gasteiger partial charge in [-0.25, -0.2) is 0 Å². The fourth-order valence-corrected chi connectivity index (χ4v) is 1.80. The van der Waals surface area contributed by atoms with Gasteiger partial charge in [0.2, 0.25) is 0 Å². The summed E-state index contributed by atoms with van der Waals surface area (Å²) in [7, 11) is 1.80. The van der Waals surface area contributed by atoms with E-state index in [1.807, 2.05) is 6.92 Å². The lowest BCUT2D eigenvalue weighted by Gasteiger charge is -2.09. The van der Waals surface area contributed by atoms with Gasteiger partial charge >= 0.3 is 6.18 Å². The lowest BCUT2D eigenvalue weighted by Crippen LogP contribution is -2.04. The van der Waals surface area contributed by atoms with E-state index in [0.717, 1.165) is 29.9 Å². The van der Waals surface area contributed by atoms with Gasteiger partial charge in [-0.2, -0.15) is 18.3 Å². The Balaban J connectivity index is 2.19. The zero-order valence-corrected chi connectivity index (χ0v) is 10.6. The summed E-state index contributed by atoms with van der Waals surface area (Å²) in [5.41, 5.74) is 1.64. The minimum atomic E-state index is -4.30. The zero-order chi connectivity index (χ0) is 14.0. The summed E-state index contributed by atoms with van der Waals surface area (Å²) in [6.45, 7) is 1.97. The van der Waals surface area contributed by atoms with Crippen LogP contribution in [0.5, 0.6) is 0 Å². The molecule has 3 nitrogen and oxygen atoms in total. The number of alkyl halides is 3. The summed E-state index contributed by atoms with van der Waals surface area (Å²) in [5.74, 6) is 0. The zero-order valence-electron chi connectivity index (χ0n) is 10.6. The van der Waals surface area contributed by atoms with Crippen molar-refractivity contribution in [1.29, 1.82) is 0 Å². The first-order chi connectivity index (χ1) is 8.90. The lowest BCUT2D eigenvalue weighted by atomic mass is 10.2. The average molecular weight is 269 g/mol. The molecule has 1 N–H and O–H groups in total. The van der Waals surface area contributed by atoms with Crippen molar-refractivity contribution in [2.45, 2.75) is 19.5 Å². The van der Waals surface area contributed by atoms with Crippen molar-refractivity contribution in [1.82, 2.24) is 9.78 Å². The number of anilines is 2. The monoisotopic (exact) mass is 269 g/mol. The Morgan fingerprint density at radius 1 is 1.21 bits per heavy atom. The molecule has 1 heterocycles. The van der Waals surface area contributed by atoms with Crippen LogP contribution in [0.4, 0.5) is 24.5 Å². The fraction of sp³-hybridized carbons (Fsp3) is 0.308. The standard InChI is InChI=1S/C13H14F3N3/c1-3-11-12(8-19(2)18-11)17-10-6-4-9(5-7-10)13(14,15)16/h4-8,17H,3H2,1-2H3. The van der Waals surface area contributed by atoms with Gasteiger partial charge in [0.05, 0.1) is 16.9 Å². The fourth-order valence-electron chi connectivity index (χ4n) is 1.80. The van der Waals surface area contributed by atoms with Crippen LogP contribution in [0, 0.1) is 0 Å². The molecule has 6 heteroatoms. The minimum Gasteiger partial charge on any atom is -0.353 e. The summed E-state index contributed by atoms with van der Waals surface area (Å²) in [5, 5.41) is 7.33. The van der Waals surface area contributed by atoms with Crippen LogP contribution in [0.2, 0.25) is 0 Å². The molecule has 19 heavy (non-hydrogen) atoms. The molecule has 0 aliphatic carbocycles. The largest absolute Gasteiger partial charge is 0.416 e. The summed E-state index contributed by atoms with van der Waals surface area (Å²) >= 11 is 0. The van der Waals surface area contributed by atoms with E-state index in [1.54, 1.807) is 17.9 Å². The van der Waals surface area contributed by atoms with E-state index >= 15 is 0 Å². The molecule has 1 aromatic carbocycles. The van der Waals surface area contributed by atoms with Crippen LogP contribution >= 0.6 is 0 Å². The third-order valence-corrected chi connectivity index (χ3v) is 2.73. The van der Waals surface area contributed by atoms with Crippen LogP contribution < -0.4 is 5.32 Å². The molecule has 0 aliphatic heterocycles. The Labute approximate surface area is 109 Å². The van der Waals surface area contributed by atoms with Gasteiger partial charge in [-0.15, -0.1) is 0 Å². The molecule has 2 rings (SSSR count). The van der Waals surface area contributed by atoms with Gasteiger partial charge in [-0.1, -0.05) is 6.92 Å². The van der Waals surface area contributed by atoms with E-state index in [9.17, 15) is 13.2 Å². The molecule has 0 bridgehead atoms. The van der Waals surface area contributed by atoms with Crippen LogP contribution in [-0.2, 0) is 19.6 Å². The topological polar surface area (TPSA) is 29.9 Å². The van der Waals surface area contributed by atoms with E-state index in [4.69, 9.17) is 0 Å². The van der Waals surface area contributed by atoms with Crippen LogP contribution in [0.1, 0.15) is 18.2 Å². The van der Waals surface area contributed by atoms with Crippen LogP contribution in [0.15, 0.2) is 30.5 Å². The molecule has 0 spiro atoms. The Morgan fingerprint density at radius 3 is 2.37 bits per heavy atom. The molecule has 0 amide bonds. The highest BCUT2D eigenvalue weighted by Crippen LogP contribution is 2.30. The third kappa shape index (κ3) is 3.07. The molecule has 0 saturated heterocycles. The Kier molecular flexibility index (Phi) is 3.50. The van der Waals surface area contributed by atoms with Gasteiger partial charge in [0.1, 0.15) is 0 Å². The quantitative estimate of drug-likeness (QED) is 0.919. The number of hydrogen-bond donors (Lipinski definition) is 1. The van der Waals surface area contributed by atoms with Crippen LogP contribution in [-0.4, -0.2) is 9.78 Å². The number of nitrogens with one attached hydrogen (secondary N) is 1. The van der Waals surface area contributed by atoms with E-state index in [1.165, 1.54) is 12.1 Å². The highest BCUT2D eigenvalue weighted by molar-refractivity contribution is 5.61. The molecule has 102 valence electrons. The van der Waals surface area contributed by atoms with E-state index in [0.29, 0.717) is 5.69 Å². The van der Waals surface area contributed by atoms with Crippen molar-refractivity contribution < 1.29 is 13.2 Å². The predicted octanol–water partition coefficient (Wildman–Crippen LogP) is 3.74. The van der Waals surface area contributed by atoms with Gasteiger partial charge < -0.3 is 5.32 Å². The second-order valence-corrected chi connectivity index (χ2v) is 4.22. The van der Waals surface area contributed by atoms with Crippen molar-refractivity contribution in [3.05, 3.63) is 41.7 Å². The number of aryl methyl sites for hydroxylation is 2. The molecular formula is C13H14F3N3. The average Bonchev–Trinajstić information content (AvgIpc) is 2.69. The summed E-state index contributed by atoms with van der Waals surface area (Å²) < 4.78 is 39.0. The maximum atomic E-state index is 12.4.